The highest BCUT2D eigenvalue weighted by molar-refractivity contribution is 5.99. The van der Waals surface area contributed by atoms with Gasteiger partial charge in [0.25, 0.3) is 0 Å². The number of aliphatic hydroxyl groups is 1. The topological polar surface area (TPSA) is 96.0 Å². The highest BCUT2D eigenvalue weighted by Gasteiger charge is 2.21. The second-order valence-corrected chi connectivity index (χ2v) is 6.68. The maximum atomic E-state index is 14.3. The van der Waals surface area contributed by atoms with Crippen LogP contribution in [0.2, 0.25) is 0 Å². The molecule has 3 N–H and O–H groups in total. The molecule has 1 atom stereocenters. The Kier molecular flexibility index (Phi) is 5.42. The van der Waals surface area contributed by atoms with Crippen LogP contribution in [0, 0.1) is 23.3 Å². The maximum absolute atomic E-state index is 14.3. The quantitative estimate of drug-likeness (QED) is 0.395. The van der Waals surface area contributed by atoms with Crippen LogP contribution in [0.1, 0.15) is 6.92 Å². The van der Waals surface area contributed by atoms with Gasteiger partial charge in [0.2, 0.25) is 0 Å². The van der Waals surface area contributed by atoms with Gasteiger partial charge in [0.1, 0.15) is 29.0 Å². The van der Waals surface area contributed by atoms with E-state index in [9.17, 15) is 22.7 Å². The second-order valence-electron chi connectivity index (χ2n) is 6.68. The molecule has 4 aromatic rings. The largest absolute Gasteiger partial charge is 0.421 e. The van der Waals surface area contributed by atoms with Crippen molar-refractivity contribution >= 4 is 16.9 Å². The first-order valence-corrected chi connectivity index (χ1v) is 9.08. The summed E-state index contributed by atoms with van der Waals surface area (Å²) < 4.78 is 60.4. The van der Waals surface area contributed by atoms with Gasteiger partial charge in [-0.2, -0.15) is 15.1 Å². The van der Waals surface area contributed by atoms with Gasteiger partial charge in [-0.25, -0.2) is 17.6 Å². The van der Waals surface area contributed by atoms with E-state index in [1.807, 2.05) is 0 Å². The molecule has 0 spiro atoms. The lowest BCUT2D eigenvalue weighted by Gasteiger charge is -2.12. The van der Waals surface area contributed by atoms with Gasteiger partial charge in [0, 0.05) is 18.2 Å². The predicted octanol–water partition coefficient (Wildman–Crippen LogP) is 4.16. The number of aromatic nitrogens is 4. The van der Waals surface area contributed by atoms with E-state index >= 15 is 0 Å². The van der Waals surface area contributed by atoms with Crippen molar-refractivity contribution < 1.29 is 27.4 Å². The Balaban J connectivity index is 1.83. The molecule has 11 heteroatoms. The van der Waals surface area contributed by atoms with Crippen molar-refractivity contribution in [1.82, 2.24) is 20.2 Å². The van der Waals surface area contributed by atoms with E-state index < -0.39 is 29.4 Å². The number of benzene rings is 2. The molecular formula is C20H15F4N5O2. The number of fused-ring (bicyclic) bond motifs is 1. The number of rotatable bonds is 6. The van der Waals surface area contributed by atoms with E-state index in [-0.39, 0.29) is 46.4 Å². The molecule has 0 bridgehead atoms. The molecule has 2 aromatic heterocycles. The monoisotopic (exact) mass is 433 g/mol. The predicted molar refractivity (Wildman–Crippen MR) is 104 cm³/mol. The Hall–Kier alpha value is -3.73. The molecular weight excluding hydrogens is 418 g/mol. The number of aromatic amines is 1. The molecule has 0 unspecified atom stereocenters. The first-order valence-electron chi connectivity index (χ1n) is 9.08. The Morgan fingerprint density at radius 1 is 1.03 bits per heavy atom. The average Bonchev–Trinajstić information content (AvgIpc) is 3.14. The Morgan fingerprint density at radius 2 is 1.77 bits per heavy atom. The number of H-pyrrole nitrogens is 1. The fourth-order valence-electron chi connectivity index (χ4n) is 2.86. The first-order chi connectivity index (χ1) is 14.8. The molecule has 4 rings (SSSR count). The number of nitrogens with zero attached hydrogens (tertiary/aromatic N) is 3. The van der Waals surface area contributed by atoms with E-state index in [1.165, 1.54) is 6.92 Å². The lowest BCUT2D eigenvalue weighted by molar-refractivity contribution is 0.208. The fraction of sp³-hybridized carbons (Fsp3) is 0.150. The number of aliphatic hydroxyl groups excluding tert-OH is 1. The zero-order valence-corrected chi connectivity index (χ0v) is 16.0. The summed E-state index contributed by atoms with van der Waals surface area (Å²) in [7, 11) is 0. The van der Waals surface area contributed by atoms with Crippen LogP contribution in [-0.2, 0) is 0 Å². The number of ether oxygens (including phenoxy) is 1. The highest BCUT2D eigenvalue weighted by atomic mass is 19.1. The average molecular weight is 433 g/mol. The summed E-state index contributed by atoms with van der Waals surface area (Å²) in [5.41, 5.74) is -0.0212. The van der Waals surface area contributed by atoms with Crippen LogP contribution in [0.3, 0.4) is 0 Å². The molecule has 0 saturated carbocycles. The molecule has 31 heavy (non-hydrogen) atoms. The van der Waals surface area contributed by atoms with Crippen LogP contribution in [0.4, 0.5) is 23.4 Å². The van der Waals surface area contributed by atoms with Gasteiger partial charge in [-0.05, 0) is 37.3 Å². The minimum atomic E-state index is -0.964. The summed E-state index contributed by atoms with van der Waals surface area (Å²) in [4.78, 5) is 8.24. The summed E-state index contributed by atoms with van der Waals surface area (Å²) in [6.45, 7) is 1.58. The van der Waals surface area contributed by atoms with Crippen LogP contribution in [-0.4, -0.2) is 37.9 Å². The summed E-state index contributed by atoms with van der Waals surface area (Å²) in [6, 6.07) is 5.31. The number of hydrogen-bond acceptors (Lipinski definition) is 6. The second kappa shape index (κ2) is 8.19. The minimum absolute atomic E-state index is 0.0274. The number of hydrogen-bond donors (Lipinski definition) is 3. The van der Waals surface area contributed by atoms with Crippen molar-refractivity contribution in [3.05, 3.63) is 59.7 Å². The van der Waals surface area contributed by atoms with Crippen molar-refractivity contribution in [2.75, 3.05) is 11.9 Å². The third kappa shape index (κ3) is 4.26. The first kappa shape index (κ1) is 20.5. The molecule has 0 radical (unpaired) electrons. The molecule has 2 heterocycles. The van der Waals surface area contributed by atoms with Crippen LogP contribution in [0.25, 0.3) is 22.3 Å². The van der Waals surface area contributed by atoms with Gasteiger partial charge in [-0.3, -0.25) is 5.10 Å². The smallest absolute Gasteiger partial charge is 0.326 e. The molecule has 0 fully saturated rings. The third-order valence-corrected chi connectivity index (χ3v) is 4.24. The standard InChI is InChI=1S/C20H15F4N5O2/c1-9(30)8-25-18-16-17(12-6-10(21)2-4-13(12)23)28-29-19(16)27-20(26-18)31-15-5-3-11(22)7-14(15)24/h2-7,9,30H,8H2,1H3,(H2,25,26,27,28,29)/t9-/m0/s1. The van der Waals surface area contributed by atoms with Gasteiger partial charge in [-0.1, -0.05) is 0 Å². The maximum Gasteiger partial charge on any atom is 0.326 e. The van der Waals surface area contributed by atoms with Gasteiger partial charge < -0.3 is 15.2 Å². The summed E-state index contributed by atoms with van der Waals surface area (Å²) >= 11 is 0. The molecule has 7 nitrogen and oxygen atoms in total. The van der Waals surface area contributed by atoms with Gasteiger partial charge in [0.05, 0.1) is 11.5 Å². The molecule has 0 aliphatic rings. The molecule has 0 amide bonds. The van der Waals surface area contributed by atoms with Crippen LogP contribution in [0.15, 0.2) is 36.4 Å². The summed E-state index contributed by atoms with van der Waals surface area (Å²) in [6.07, 6.45) is -0.773. The number of nitrogens with one attached hydrogen (secondary N) is 2. The van der Waals surface area contributed by atoms with Crippen molar-refractivity contribution in [3.63, 3.8) is 0 Å². The van der Waals surface area contributed by atoms with Gasteiger partial charge >= 0.3 is 6.01 Å². The zero-order chi connectivity index (χ0) is 22.1. The highest BCUT2D eigenvalue weighted by Crippen LogP contribution is 2.34. The van der Waals surface area contributed by atoms with E-state index in [4.69, 9.17) is 4.74 Å². The SMILES string of the molecule is C[C@H](O)CNc1nc(Oc2ccc(F)cc2F)nc2[nH]nc(-c3cc(F)ccc3F)c12. The Labute approximate surface area is 172 Å². The van der Waals surface area contributed by atoms with Crippen LogP contribution in [0.5, 0.6) is 11.8 Å². The van der Waals surface area contributed by atoms with Crippen LogP contribution >= 0.6 is 0 Å². The van der Waals surface area contributed by atoms with Crippen molar-refractivity contribution in [3.8, 4) is 23.0 Å². The van der Waals surface area contributed by atoms with E-state index in [0.29, 0.717) is 6.07 Å². The van der Waals surface area contributed by atoms with Crippen molar-refractivity contribution in [2.45, 2.75) is 13.0 Å². The Bertz CT molecular complexity index is 1260. The number of anilines is 1. The zero-order valence-electron chi connectivity index (χ0n) is 16.0. The van der Waals surface area contributed by atoms with Crippen molar-refractivity contribution in [2.24, 2.45) is 0 Å². The molecule has 0 saturated heterocycles. The number of halogens is 4. The summed E-state index contributed by atoms with van der Waals surface area (Å²) in [5, 5.41) is 19.3. The molecule has 0 aliphatic carbocycles. The molecule has 2 aromatic carbocycles. The van der Waals surface area contributed by atoms with E-state index in [2.05, 4.69) is 25.5 Å². The molecule has 160 valence electrons. The van der Waals surface area contributed by atoms with Crippen LogP contribution < -0.4 is 10.1 Å². The molecule has 0 aliphatic heterocycles. The normalized spacial score (nSPS) is 12.2. The van der Waals surface area contributed by atoms with Gasteiger partial charge in [0.15, 0.2) is 17.2 Å². The minimum Gasteiger partial charge on any atom is -0.421 e. The Morgan fingerprint density at radius 3 is 2.52 bits per heavy atom. The van der Waals surface area contributed by atoms with E-state index in [0.717, 1.165) is 30.3 Å². The third-order valence-electron chi connectivity index (χ3n) is 4.24. The van der Waals surface area contributed by atoms with Crippen molar-refractivity contribution in [1.29, 1.82) is 0 Å². The fourth-order valence-corrected chi connectivity index (χ4v) is 2.86. The lowest BCUT2D eigenvalue weighted by atomic mass is 10.1. The lowest BCUT2D eigenvalue weighted by Crippen LogP contribution is -2.16. The summed E-state index contributed by atoms with van der Waals surface area (Å²) in [5.74, 6) is -3.37. The van der Waals surface area contributed by atoms with E-state index in [1.54, 1.807) is 0 Å². The van der Waals surface area contributed by atoms with Gasteiger partial charge in [-0.15, -0.1) is 0 Å².